The molecule has 1 aromatic heterocycles. The predicted molar refractivity (Wildman–Crippen MR) is 63.4 cm³/mol. The van der Waals surface area contributed by atoms with E-state index in [0.717, 1.165) is 18.0 Å². The molecule has 0 aliphatic heterocycles. The summed E-state index contributed by atoms with van der Waals surface area (Å²) < 4.78 is 12.6. The molecular weight excluding hydrogens is 237 g/mol. The van der Waals surface area contributed by atoms with Gasteiger partial charge >= 0.3 is 5.97 Å². The molecule has 2 N–H and O–H groups in total. The van der Waals surface area contributed by atoms with Gasteiger partial charge in [-0.3, -0.25) is 0 Å². The summed E-state index contributed by atoms with van der Waals surface area (Å²) in [6.45, 7) is 1.80. The quantitative estimate of drug-likeness (QED) is 0.870. The molecule has 0 saturated heterocycles. The van der Waals surface area contributed by atoms with Crippen LogP contribution >= 0.6 is 0 Å². The molecule has 6 heteroatoms. The van der Waals surface area contributed by atoms with Crippen molar-refractivity contribution in [3.63, 3.8) is 0 Å². The van der Waals surface area contributed by atoms with Gasteiger partial charge in [-0.05, 0) is 19.1 Å². The molecule has 0 bridgehead atoms. The number of aromatic carboxylic acids is 1. The van der Waals surface area contributed by atoms with Gasteiger partial charge in [0.25, 0.3) is 0 Å². The minimum Gasteiger partial charge on any atom is -0.478 e. The number of hydrogen-bond acceptors (Lipinski definition) is 4. The molecule has 5 nitrogen and oxygen atoms in total. The van der Waals surface area contributed by atoms with Crippen molar-refractivity contribution in [3.05, 3.63) is 47.5 Å². The molecule has 0 unspecified atom stereocenters. The highest BCUT2D eigenvalue weighted by atomic mass is 19.1. The van der Waals surface area contributed by atoms with E-state index in [0.29, 0.717) is 5.69 Å². The van der Waals surface area contributed by atoms with Crippen molar-refractivity contribution in [3.8, 4) is 0 Å². The van der Waals surface area contributed by atoms with Crippen LogP contribution in [0, 0.1) is 12.7 Å². The lowest BCUT2D eigenvalue weighted by molar-refractivity contribution is 0.0698. The second-order valence-electron chi connectivity index (χ2n) is 3.70. The van der Waals surface area contributed by atoms with Gasteiger partial charge < -0.3 is 10.4 Å². The molecule has 0 atom stereocenters. The van der Waals surface area contributed by atoms with E-state index in [9.17, 15) is 9.18 Å². The maximum atomic E-state index is 12.6. The first-order valence-electron chi connectivity index (χ1n) is 5.15. The van der Waals surface area contributed by atoms with Gasteiger partial charge in [0.05, 0.1) is 23.6 Å². The number of benzene rings is 1. The van der Waals surface area contributed by atoms with E-state index in [1.807, 2.05) is 0 Å². The molecule has 18 heavy (non-hydrogen) atoms. The maximum absolute atomic E-state index is 12.6. The van der Waals surface area contributed by atoms with Gasteiger partial charge in [0.2, 0.25) is 5.95 Å². The van der Waals surface area contributed by atoms with E-state index in [1.54, 1.807) is 19.1 Å². The van der Waals surface area contributed by atoms with Crippen LogP contribution in [0.15, 0.2) is 30.6 Å². The van der Waals surface area contributed by atoms with Crippen LogP contribution in [0.1, 0.15) is 15.9 Å². The van der Waals surface area contributed by atoms with Crippen LogP contribution in [0.2, 0.25) is 0 Å². The number of hydrogen-bond donors (Lipinski definition) is 2. The highest BCUT2D eigenvalue weighted by Crippen LogP contribution is 2.20. The van der Waals surface area contributed by atoms with Crippen LogP contribution in [-0.2, 0) is 0 Å². The fourth-order valence-corrected chi connectivity index (χ4v) is 1.44. The number of anilines is 2. The van der Waals surface area contributed by atoms with Crippen molar-refractivity contribution < 1.29 is 14.3 Å². The number of nitrogens with one attached hydrogen (secondary N) is 1. The molecule has 0 aliphatic rings. The monoisotopic (exact) mass is 247 g/mol. The number of aryl methyl sites for hydroxylation is 1. The normalized spacial score (nSPS) is 10.1. The second kappa shape index (κ2) is 4.79. The lowest BCUT2D eigenvalue weighted by Crippen LogP contribution is -2.05. The van der Waals surface area contributed by atoms with Crippen molar-refractivity contribution >= 4 is 17.6 Å². The number of halogens is 1. The summed E-state index contributed by atoms with van der Waals surface area (Å²) >= 11 is 0. The summed E-state index contributed by atoms with van der Waals surface area (Å²) in [5.41, 5.74) is 1.31. The molecule has 0 radical (unpaired) electrons. The number of carboxylic acid groups (broad SMARTS) is 1. The Labute approximate surface area is 102 Å². The minimum absolute atomic E-state index is 0.114. The Bertz CT molecular complexity index is 584. The van der Waals surface area contributed by atoms with Crippen molar-refractivity contribution in [1.29, 1.82) is 0 Å². The van der Waals surface area contributed by atoms with Crippen molar-refractivity contribution in [2.24, 2.45) is 0 Å². The number of carboxylic acids is 1. The Morgan fingerprint density at radius 1 is 1.33 bits per heavy atom. The van der Waals surface area contributed by atoms with E-state index in [1.165, 1.54) is 6.07 Å². The standard InChI is InChI=1S/C12H10FN3O2/c1-7-2-3-10(9(4-7)11(17)18)16-12-14-5-8(13)6-15-12/h2-6H,1H3,(H,17,18)(H,14,15,16). The van der Waals surface area contributed by atoms with E-state index in [-0.39, 0.29) is 11.5 Å². The zero-order chi connectivity index (χ0) is 13.1. The first kappa shape index (κ1) is 12.0. The fourth-order valence-electron chi connectivity index (χ4n) is 1.44. The van der Waals surface area contributed by atoms with Crippen LogP contribution in [0.4, 0.5) is 16.0 Å². The van der Waals surface area contributed by atoms with Gasteiger partial charge in [0, 0.05) is 0 Å². The van der Waals surface area contributed by atoms with E-state index < -0.39 is 11.8 Å². The van der Waals surface area contributed by atoms with Gasteiger partial charge in [-0.1, -0.05) is 11.6 Å². The van der Waals surface area contributed by atoms with Crippen LogP contribution < -0.4 is 5.32 Å². The van der Waals surface area contributed by atoms with Crippen molar-refractivity contribution in [1.82, 2.24) is 9.97 Å². The highest BCUT2D eigenvalue weighted by Gasteiger charge is 2.11. The maximum Gasteiger partial charge on any atom is 0.337 e. The van der Waals surface area contributed by atoms with E-state index in [4.69, 9.17) is 5.11 Å². The van der Waals surface area contributed by atoms with Gasteiger partial charge in [0.1, 0.15) is 0 Å². The predicted octanol–water partition coefficient (Wildman–Crippen LogP) is 2.37. The average Bonchev–Trinajstić information content (AvgIpc) is 2.34. The van der Waals surface area contributed by atoms with Crippen LogP contribution in [0.3, 0.4) is 0 Å². The molecule has 1 heterocycles. The summed E-state index contributed by atoms with van der Waals surface area (Å²) in [6, 6.07) is 4.91. The fraction of sp³-hybridized carbons (Fsp3) is 0.0833. The van der Waals surface area contributed by atoms with Gasteiger partial charge in [0.15, 0.2) is 5.82 Å². The number of nitrogens with zero attached hydrogens (tertiary/aromatic N) is 2. The average molecular weight is 247 g/mol. The summed E-state index contributed by atoms with van der Waals surface area (Å²) in [7, 11) is 0. The Morgan fingerprint density at radius 2 is 2.00 bits per heavy atom. The Morgan fingerprint density at radius 3 is 2.61 bits per heavy atom. The second-order valence-corrected chi connectivity index (χ2v) is 3.70. The Kier molecular flexibility index (Phi) is 3.18. The molecule has 0 saturated carbocycles. The lowest BCUT2D eigenvalue weighted by Gasteiger charge is -2.08. The van der Waals surface area contributed by atoms with Crippen molar-refractivity contribution in [2.45, 2.75) is 6.92 Å². The third-order valence-electron chi connectivity index (χ3n) is 2.27. The van der Waals surface area contributed by atoms with Gasteiger partial charge in [-0.2, -0.15) is 0 Å². The number of carbonyl (C=O) groups is 1. The summed E-state index contributed by atoms with van der Waals surface area (Å²) in [6.07, 6.45) is 2.01. The lowest BCUT2D eigenvalue weighted by atomic mass is 10.1. The molecular formula is C12H10FN3O2. The van der Waals surface area contributed by atoms with E-state index in [2.05, 4.69) is 15.3 Å². The molecule has 0 amide bonds. The van der Waals surface area contributed by atoms with Crippen LogP contribution in [-0.4, -0.2) is 21.0 Å². The van der Waals surface area contributed by atoms with Crippen LogP contribution in [0.5, 0.6) is 0 Å². The minimum atomic E-state index is -1.05. The van der Waals surface area contributed by atoms with Gasteiger partial charge in [-0.15, -0.1) is 0 Å². The summed E-state index contributed by atoms with van der Waals surface area (Å²) in [5.74, 6) is -1.46. The molecule has 0 fully saturated rings. The van der Waals surface area contributed by atoms with Crippen LogP contribution in [0.25, 0.3) is 0 Å². The van der Waals surface area contributed by atoms with Crippen molar-refractivity contribution in [2.75, 3.05) is 5.32 Å². The SMILES string of the molecule is Cc1ccc(Nc2ncc(F)cn2)c(C(=O)O)c1. The number of aromatic nitrogens is 2. The molecule has 2 aromatic rings. The Hall–Kier alpha value is -2.50. The Balaban J connectivity index is 2.34. The smallest absolute Gasteiger partial charge is 0.337 e. The highest BCUT2D eigenvalue weighted by molar-refractivity contribution is 5.95. The molecule has 1 aromatic carbocycles. The zero-order valence-electron chi connectivity index (χ0n) is 9.51. The summed E-state index contributed by atoms with van der Waals surface area (Å²) in [5, 5.41) is 11.8. The zero-order valence-corrected chi connectivity index (χ0v) is 9.51. The molecule has 92 valence electrons. The summed E-state index contributed by atoms with van der Waals surface area (Å²) in [4.78, 5) is 18.5. The third kappa shape index (κ3) is 2.60. The van der Waals surface area contributed by atoms with E-state index >= 15 is 0 Å². The third-order valence-corrected chi connectivity index (χ3v) is 2.27. The topological polar surface area (TPSA) is 75.1 Å². The first-order chi connectivity index (χ1) is 8.56. The molecule has 2 rings (SSSR count). The first-order valence-corrected chi connectivity index (χ1v) is 5.15. The number of rotatable bonds is 3. The van der Waals surface area contributed by atoms with Gasteiger partial charge in [-0.25, -0.2) is 19.2 Å². The largest absolute Gasteiger partial charge is 0.478 e. The molecule has 0 aliphatic carbocycles. The molecule has 0 spiro atoms.